The van der Waals surface area contributed by atoms with Crippen molar-refractivity contribution >= 4 is 5.91 Å². The normalized spacial score (nSPS) is 11.9. The number of carbonyl (C=O) groups is 1. The topological polar surface area (TPSA) is 41.1 Å². The van der Waals surface area contributed by atoms with Gasteiger partial charge in [-0.15, -0.1) is 0 Å². The third-order valence-corrected chi connectivity index (χ3v) is 3.68. The van der Waals surface area contributed by atoms with E-state index < -0.39 is 0 Å². The van der Waals surface area contributed by atoms with Gasteiger partial charge in [0.2, 0.25) is 5.91 Å². The summed E-state index contributed by atoms with van der Waals surface area (Å²) in [7, 11) is 0. The fourth-order valence-corrected chi connectivity index (χ4v) is 2.33. The fraction of sp³-hybridized carbons (Fsp3) is 0.316. The maximum absolute atomic E-state index is 11.8. The molecule has 2 aromatic carbocycles. The van der Waals surface area contributed by atoms with Crippen molar-refractivity contribution in [2.24, 2.45) is 0 Å². The highest BCUT2D eigenvalue weighted by Crippen LogP contribution is 2.10. The zero-order valence-corrected chi connectivity index (χ0v) is 13.1. The van der Waals surface area contributed by atoms with Crippen molar-refractivity contribution in [1.82, 2.24) is 10.6 Å². The van der Waals surface area contributed by atoms with E-state index in [9.17, 15) is 4.79 Å². The molecule has 1 atom stereocenters. The molecule has 0 aromatic heterocycles. The van der Waals surface area contributed by atoms with Crippen LogP contribution in [-0.4, -0.2) is 19.0 Å². The molecule has 0 spiro atoms. The van der Waals surface area contributed by atoms with Gasteiger partial charge in [0.15, 0.2) is 0 Å². The molecule has 0 fully saturated rings. The second kappa shape index (κ2) is 9.00. The van der Waals surface area contributed by atoms with Crippen LogP contribution in [0.15, 0.2) is 60.7 Å². The van der Waals surface area contributed by atoms with E-state index in [-0.39, 0.29) is 11.9 Å². The van der Waals surface area contributed by atoms with Crippen molar-refractivity contribution in [3.05, 3.63) is 71.8 Å². The zero-order valence-electron chi connectivity index (χ0n) is 13.1. The van der Waals surface area contributed by atoms with Crippen LogP contribution in [0, 0.1) is 0 Å². The number of nitrogens with one attached hydrogen (secondary N) is 2. The Morgan fingerprint density at radius 2 is 1.64 bits per heavy atom. The molecule has 0 saturated carbocycles. The SMILES string of the molecule is CC(NCC(=O)NCCCc1ccccc1)c1ccccc1. The smallest absolute Gasteiger partial charge is 0.233 e. The monoisotopic (exact) mass is 296 g/mol. The van der Waals surface area contributed by atoms with E-state index in [1.807, 2.05) is 36.4 Å². The quantitative estimate of drug-likeness (QED) is 0.735. The molecule has 0 radical (unpaired) electrons. The lowest BCUT2D eigenvalue weighted by molar-refractivity contribution is -0.120. The van der Waals surface area contributed by atoms with Gasteiger partial charge in [0.25, 0.3) is 0 Å². The lowest BCUT2D eigenvalue weighted by atomic mass is 10.1. The summed E-state index contributed by atoms with van der Waals surface area (Å²) in [6.07, 6.45) is 1.96. The van der Waals surface area contributed by atoms with Gasteiger partial charge in [-0.2, -0.15) is 0 Å². The van der Waals surface area contributed by atoms with Crippen molar-refractivity contribution in [3.8, 4) is 0 Å². The fourth-order valence-electron chi connectivity index (χ4n) is 2.33. The molecule has 0 aliphatic carbocycles. The summed E-state index contributed by atoms with van der Waals surface area (Å²) >= 11 is 0. The molecule has 22 heavy (non-hydrogen) atoms. The predicted octanol–water partition coefficient (Wildman–Crippen LogP) is 3.09. The lowest BCUT2D eigenvalue weighted by Gasteiger charge is -2.14. The van der Waals surface area contributed by atoms with Gasteiger partial charge < -0.3 is 10.6 Å². The van der Waals surface area contributed by atoms with E-state index in [4.69, 9.17) is 0 Å². The Labute approximate surface area is 132 Å². The van der Waals surface area contributed by atoms with Crippen molar-refractivity contribution in [3.63, 3.8) is 0 Å². The van der Waals surface area contributed by atoms with E-state index in [0.717, 1.165) is 19.4 Å². The van der Waals surface area contributed by atoms with Crippen LogP contribution in [0.25, 0.3) is 0 Å². The molecular weight excluding hydrogens is 272 g/mol. The standard InChI is InChI=1S/C19H24N2O/c1-16(18-12-6-3-7-13-18)21-15-19(22)20-14-8-11-17-9-4-2-5-10-17/h2-7,9-10,12-13,16,21H,8,11,14-15H2,1H3,(H,20,22). The molecule has 116 valence electrons. The van der Waals surface area contributed by atoms with Crippen LogP contribution in [0.1, 0.15) is 30.5 Å². The minimum absolute atomic E-state index is 0.0517. The Morgan fingerprint density at radius 3 is 2.32 bits per heavy atom. The lowest BCUT2D eigenvalue weighted by Crippen LogP contribution is -2.35. The molecule has 3 nitrogen and oxygen atoms in total. The highest BCUT2D eigenvalue weighted by Gasteiger charge is 2.06. The summed E-state index contributed by atoms with van der Waals surface area (Å²) in [6, 6.07) is 20.7. The first-order valence-electron chi connectivity index (χ1n) is 7.84. The summed E-state index contributed by atoms with van der Waals surface area (Å²) in [5, 5.41) is 6.20. The molecular formula is C19H24N2O. The largest absolute Gasteiger partial charge is 0.355 e. The Bertz CT molecular complexity index is 554. The van der Waals surface area contributed by atoms with Gasteiger partial charge in [0, 0.05) is 12.6 Å². The van der Waals surface area contributed by atoms with E-state index in [0.29, 0.717) is 6.54 Å². The van der Waals surface area contributed by atoms with E-state index >= 15 is 0 Å². The van der Waals surface area contributed by atoms with Crippen LogP contribution < -0.4 is 10.6 Å². The van der Waals surface area contributed by atoms with Crippen LogP contribution in [0.5, 0.6) is 0 Å². The number of hydrogen-bond acceptors (Lipinski definition) is 2. The summed E-state index contributed by atoms with van der Waals surface area (Å²) in [4.78, 5) is 11.8. The number of rotatable bonds is 8. The summed E-state index contributed by atoms with van der Waals surface area (Å²) in [6.45, 7) is 3.13. The third-order valence-electron chi connectivity index (χ3n) is 3.68. The molecule has 2 aromatic rings. The minimum Gasteiger partial charge on any atom is -0.355 e. The van der Waals surface area contributed by atoms with Crippen molar-refractivity contribution in [2.45, 2.75) is 25.8 Å². The third kappa shape index (κ3) is 5.70. The molecule has 1 amide bonds. The molecule has 0 aliphatic heterocycles. The highest BCUT2D eigenvalue weighted by molar-refractivity contribution is 5.78. The van der Waals surface area contributed by atoms with Crippen molar-refractivity contribution in [2.75, 3.05) is 13.1 Å². The van der Waals surface area contributed by atoms with Crippen LogP contribution >= 0.6 is 0 Å². The van der Waals surface area contributed by atoms with Gasteiger partial charge in [-0.05, 0) is 30.9 Å². The molecule has 2 rings (SSSR count). The number of amides is 1. The average Bonchev–Trinajstić information content (AvgIpc) is 2.58. The maximum Gasteiger partial charge on any atom is 0.233 e. The van der Waals surface area contributed by atoms with Gasteiger partial charge in [0.1, 0.15) is 0 Å². The van der Waals surface area contributed by atoms with Crippen LogP contribution in [-0.2, 0) is 11.2 Å². The number of hydrogen-bond donors (Lipinski definition) is 2. The zero-order chi connectivity index (χ0) is 15.6. The van der Waals surface area contributed by atoms with Crippen molar-refractivity contribution in [1.29, 1.82) is 0 Å². The highest BCUT2D eigenvalue weighted by atomic mass is 16.1. The molecule has 0 saturated heterocycles. The Morgan fingerprint density at radius 1 is 1.00 bits per heavy atom. The van der Waals surface area contributed by atoms with Crippen LogP contribution in [0.2, 0.25) is 0 Å². The van der Waals surface area contributed by atoms with E-state index in [2.05, 4.69) is 41.8 Å². The molecule has 3 heteroatoms. The molecule has 0 heterocycles. The average molecular weight is 296 g/mol. The first-order chi connectivity index (χ1) is 10.8. The summed E-state index contributed by atoms with van der Waals surface area (Å²) in [5.74, 6) is 0.0517. The van der Waals surface area contributed by atoms with Gasteiger partial charge in [0.05, 0.1) is 6.54 Å². The molecule has 0 bridgehead atoms. The van der Waals surface area contributed by atoms with Crippen LogP contribution in [0.3, 0.4) is 0 Å². The Kier molecular flexibility index (Phi) is 6.65. The number of aryl methyl sites for hydroxylation is 1. The molecule has 2 N–H and O–H groups in total. The minimum atomic E-state index is 0.0517. The van der Waals surface area contributed by atoms with E-state index in [1.54, 1.807) is 0 Å². The van der Waals surface area contributed by atoms with Gasteiger partial charge in [-0.25, -0.2) is 0 Å². The van der Waals surface area contributed by atoms with Crippen molar-refractivity contribution < 1.29 is 4.79 Å². The first-order valence-corrected chi connectivity index (χ1v) is 7.84. The summed E-state index contributed by atoms with van der Waals surface area (Å²) in [5.41, 5.74) is 2.51. The maximum atomic E-state index is 11.8. The second-order valence-corrected chi connectivity index (χ2v) is 5.45. The van der Waals surface area contributed by atoms with Gasteiger partial charge in [-0.3, -0.25) is 4.79 Å². The predicted molar refractivity (Wildman–Crippen MR) is 90.6 cm³/mol. The Balaban J connectivity index is 1.60. The summed E-state index contributed by atoms with van der Waals surface area (Å²) < 4.78 is 0. The van der Waals surface area contributed by atoms with Crippen LogP contribution in [0.4, 0.5) is 0 Å². The van der Waals surface area contributed by atoms with E-state index in [1.165, 1.54) is 11.1 Å². The first kappa shape index (κ1) is 16.2. The molecule has 0 aliphatic rings. The Hall–Kier alpha value is -2.13. The molecule has 1 unspecified atom stereocenters. The van der Waals surface area contributed by atoms with Gasteiger partial charge in [-0.1, -0.05) is 60.7 Å². The number of benzene rings is 2. The second-order valence-electron chi connectivity index (χ2n) is 5.45. The number of carbonyl (C=O) groups excluding carboxylic acids is 1. The van der Waals surface area contributed by atoms with Gasteiger partial charge >= 0.3 is 0 Å².